The molecule has 1 aromatic heterocycles. The van der Waals surface area contributed by atoms with Crippen molar-refractivity contribution in [3.05, 3.63) is 41.8 Å². The summed E-state index contributed by atoms with van der Waals surface area (Å²) in [5, 5.41) is 11.3. The molecule has 122 valence electrons. The van der Waals surface area contributed by atoms with E-state index in [-0.39, 0.29) is 11.8 Å². The molecule has 0 spiro atoms. The highest BCUT2D eigenvalue weighted by atomic mass is 16.4. The zero-order valence-electron chi connectivity index (χ0n) is 13.5. The molecular weight excluding hydrogens is 292 g/mol. The third-order valence-corrected chi connectivity index (χ3v) is 4.00. The Hall–Kier alpha value is -2.37. The minimum Gasteiger partial charge on any atom is -0.405 e. The molecule has 3 rings (SSSR count). The first-order valence-corrected chi connectivity index (χ1v) is 8.09. The summed E-state index contributed by atoms with van der Waals surface area (Å²) in [5.74, 6) is 0.272. The van der Waals surface area contributed by atoms with Gasteiger partial charge in [0.1, 0.15) is 6.04 Å². The molecule has 2 heterocycles. The highest BCUT2D eigenvalue weighted by molar-refractivity contribution is 5.78. The van der Waals surface area contributed by atoms with Gasteiger partial charge in [0, 0.05) is 19.0 Å². The number of benzene rings is 1. The molecule has 23 heavy (non-hydrogen) atoms. The van der Waals surface area contributed by atoms with E-state index in [0.29, 0.717) is 11.9 Å². The van der Waals surface area contributed by atoms with Gasteiger partial charge in [0.2, 0.25) is 11.8 Å². The van der Waals surface area contributed by atoms with Crippen LogP contribution in [-0.4, -0.2) is 29.2 Å². The van der Waals surface area contributed by atoms with Gasteiger partial charge in [0.25, 0.3) is 0 Å². The lowest BCUT2D eigenvalue weighted by atomic mass is 10.1. The number of amides is 1. The average Bonchev–Trinajstić information content (AvgIpc) is 3.24. The lowest BCUT2D eigenvalue weighted by Crippen LogP contribution is -2.32. The molecule has 1 aromatic carbocycles. The Morgan fingerprint density at radius 2 is 1.87 bits per heavy atom. The van der Waals surface area contributed by atoms with Gasteiger partial charge in [-0.05, 0) is 18.4 Å². The van der Waals surface area contributed by atoms with Crippen LogP contribution in [0.2, 0.25) is 0 Å². The average molecular weight is 314 g/mol. The molecule has 1 unspecified atom stereocenters. The largest absolute Gasteiger partial charge is 0.405 e. The Labute approximate surface area is 135 Å². The van der Waals surface area contributed by atoms with Gasteiger partial charge in [-0.3, -0.25) is 4.79 Å². The number of anilines is 1. The summed E-state index contributed by atoms with van der Waals surface area (Å²) in [4.78, 5) is 14.2. The molecule has 1 aliphatic heterocycles. The molecular formula is C17H22N4O2. The van der Waals surface area contributed by atoms with Crippen LogP contribution in [0, 0.1) is 5.92 Å². The van der Waals surface area contributed by atoms with E-state index in [1.54, 1.807) is 0 Å². The minimum atomic E-state index is -0.421. The summed E-state index contributed by atoms with van der Waals surface area (Å²) in [6.07, 6.45) is 2.29. The fourth-order valence-electron chi connectivity index (χ4n) is 2.62. The second-order valence-corrected chi connectivity index (χ2v) is 6.12. The second-order valence-electron chi connectivity index (χ2n) is 6.12. The number of rotatable bonds is 5. The zero-order valence-corrected chi connectivity index (χ0v) is 13.5. The van der Waals surface area contributed by atoms with Crippen LogP contribution in [0.3, 0.4) is 0 Å². The fourth-order valence-corrected chi connectivity index (χ4v) is 2.62. The summed E-state index contributed by atoms with van der Waals surface area (Å²) < 4.78 is 5.85. The van der Waals surface area contributed by atoms with Gasteiger partial charge in [-0.25, -0.2) is 0 Å². The smallest absolute Gasteiger partial charge is 0.318 e. The third kappa shape index (κ3) is 3.52. The molecule has 1 aliphatic rings. The van der Waals surface area contributed by atoms with E-state index in [1.165, 1.54) is 0 Å². The van der Waals surface area contributed by atoms with Crippen molar-refractivity contribution in [2.75, 3.05) is 18.0 Å². The van der Waals surface area contributed by atoms with E-state index < -0.39 is 6.04 Å². The Morgan fingerprint density at radius 1 is 1.17 bits per heavy atom. The van der Waals surface area contributed by atoms with Gasteiger partial charge in [0.15, 0.2) is 0 Å². The van der Waals surface area contributed by atoms with Crippen molar-refractivity contribution in [3.8, 4) is 0 Å². The van der Waals surface area contributed by atoms with Crippen LogP contribution in [0.1, 0.15) is 44.2 Å². The SMILES string of the molecule is CC(C)C(=O)NC(c1ccccc1)c1nnc(N2CCCC2)o1. The van der Waals surface area contributed by atoms with E-state index in [2.05, 4.69) is 20.4 Å². The molecule has 1 N–H and O–H groups in total. The number of hydrogen-bond acceptors (Lipinski definition) is 5. The summed E-state index contributed by atoms with van der Waals surface area (Å²) in [6, 6.07) is 9.82. The summed E-state index contributed by atoms with van der Waals surface area (Å²) in [6.45, 7) is 5.60. The fraction of sp³-hybridized carbons (Fsp3) is 0.471. The van der Waals surface area contributed by atoms with Gasteiger partial charge < -0.3 is 14.6 Å². The lowest BCUT2D eigenvalue weighted by Gasteiger charge is -2.17. The van der Waals surface area contributed by atoms with Gasteiger partial charge >= 0.3 is 6.01 Å². The molecule has 6 nitrogen and oxygen atoms in total. The predicted octanol–water partition coefficient (Wildman–Crippen LogP) is 2.53. The van der Waals surface area contributed by atoms with Crippen LogP contribution in [-0.2, 0) is 4.79 Å². The van der Waals surface area contributed by atoms with Crippen molar-refractivity contribution in [2.45, 2.75) is 32.7 Å². The summed E-state index contributed by atoms with van der Waals surface area (Å²) in [7, 11) is 0. The first-order valence-electron chi connectivity index (χ1n) is 8.09. The lowest BCUT2D eigenvalue weighted by molar-refractivity contribution is -0.124. The van der Waals surface area contributed by atoms with Crippen molar-refractivity contribution in [1.29, 1.82) is 0 Å². The number of nitrogens with one attached hydrogen (secondary N) is 1. The maximum Gasteiger partial charge on any atom is 0.318 e. The number of aromatic nitrogens is 2. The summed E-state index contributed by atoms with van der Waals surface area (Å²) in [5.41, 5.74) is 0.929. The predicted molar refractivity (Wildman–Crippen MR) is 87.0 cm³/mol. The van der Waals surface area contributed by atoms with E-state index in [9.17, 15) is 4.79 Å². The standard InChI is InChI=1S/C17H22N4O2/c1-12(2)15(22)18-14(13-8-4-3-5-9-13)16-19-20-17(23-16)21-10-6-7-11-21/h3-5,8-9,12,14H,6-7,10-11H2,1-2H3,(H,18,22). The molecule has 1 fully saturated rings. The Morgan fingerprint density at radius 3 is 2.52 bits per heavy atom. The van der Waals surface area contributed by atoms with Crippen molar-refractivity contribution < 1.29 is 9.21 Å². The van der Waals surface area contributed by atoms with Crippen LogP contribution in [0.25, 0.3) is 0 Å². The maximum absolute atomic E-state index is 12.2. The number of hydrogen-bond donors (Lipinski definition) is 1. The molecule has 2 aromatic rings. The second kappa shape index (κ2) is 6.81. The third-order valence-electron chi connectivity index (χ3n) is 4.00. The molecule has 0 saturated carbocycles. The molecule has 6 heteroatoms. The van der Waals surface area contributed by atoms with Crippen LogP contribution >= 0.6 is 0 Å². The van der Waals surface area contributed by atoms with E-state index in [1.807, 2.05) is 44.2 Å². The van der Waals surface area contributed by atoms with E-state index in [4.69, 9.17) is 4.42 Å². The highest BCUT2D eigenvalue weighted by Crippen LogP contribution is 2.25. The minimum absolute atomic E-state index is 0.0419. The van der Waals surface area contributed by atoms with Crippen LogP contribution in [0.5, 0.6) is 0 Å². The molecule has 0 bridgehead atoms. The molecule has 0 radical (unpaired) electrons. The van der Waals surface area contributed by atoms with Crippen LogP contribution in [0.15, 0.2) is 34.7 Å². The number of carbonyl (C=O) groups excluding carboxylic acids is 1. The molecule has 1 saturated heterocycles. The number of carbonyl (C=O) groups is 1. The normalized spacial score (nSPS) is 15.9. The first-order chi connectivity index (χ1) is 11.1. The van der Waals surface area contributed by atoms with E-state index in [0.717, 1.165) is 31.5 Å². The van der Waals surface area contributed by atoms with Crippen molar-refractivity contribution in [2.24, 2.45) is 5.92 Å². The van der Waals surface area contributed by atoms with E-state index >= 15 is 0 Å². The van der Waals surface area contributed by atoms with Gasteiger partial charge in [-0.15, -0.1) is 5.10 Å². The Kier molecular flexibility index (Phi) is 4.60. The topological polar surface area (TPSA) is 71.3 Å². The van der Waals surface area contributed by atoms with Crippen LogP contribution in [0.4, 0.5) is 6.01 Å². The summed E-state index contributed by atoms with van der Waals surface area (Å²) >= 11 is 0. The van der Waals surface area contributed by atoms with Crippen LogP contribution < -0.4 is 10.2 Å². The van der Waals surface area contributed by atoms with Gasteiger partial charge in [-0.1, -0.05) is 49.3 Å². The number of nitrogens with zero attached hydrogens (tertiary/aromatic N) is 3. The molecule has 1 amide bonds. The zero-order chi connectivity index (χ0) is 16.2. The van der Waals surface area contributed by atoms with Crippen molar-refractivity contribution in [3.63, 3.8) is 0 Å². The monoisotopic (exact) mass is 314 g/mol. The molecule has 0 aliphatic carbocycles. The van der Waals surface area contributed by atoms with Gasteiger partial charge in [0.05, 0.1) is 0 Å². The quantitative estimate of drug-likeness (QED) is 0.918. The Balaban J connectivity index is 1.87. The van der Waals surface area contributed by atoms with Gasteiger partial charge in [-0.2, -0.15) is 0 Å². The van der Waals surface area contributed by atoms with Crippen molar-refractivity contribution in [1.82, 2.24) is 15.5 Å². The highest BCUT2D eigenvalue weighted by Gasteiger charge is 2.26. The first kappa shape index (κ1) is 15.5. The maximum atomic E-state index is 12.2. The molecule has 1 atom stereocenters. The van der Waals surface area contributed by atoms with Crippen molar-refractivity contribution >= 4 is 11.9 Å². The Bertz CT molecular complexity index is 648.